The Hall–Kier alpha value is -2.36. The summed E-state index contributed by atoms with van der Waals surface area (Å²) in [5.41, 5.74) is 2.52. The van der Waals surface area contributed by atoms with Crippen molar-refractivity contribution in [3.05, 3.63) is 59.4 Å². The minimum atomic E-state index is -0.382. The molecule has 0 saturated heterocycles. The quantitative estimate of drug-likeness (QED) is 0.841. The van der Waals surface area contributed by atoms with Gasteiger partial charge in [-0.3, -0.25) is 4.79 Å². The predicted octanol–water partition coefficient (Wildman–Crippen LogP) is 4.67. The number of anilines is 1. The van der Waals surface area contributed by atoms with Gasteiger partial charge in [0.15, 0.2) is 6.61 Å². The predicted molar refractivity (Wildman–Crippen MR) is 90.4 cm³/mol. The molecule has 0 heterocycles. The Bertz CT molecular complexity index is 668. The Morgan fingerprint density at radius 3 is 2.57 bits per heavy atom. The Labute approximate surface area is 136 Å². The summed E-state index contributed by atoms with van der Waals surface area (Å²) in [6.07, 6.45) is 1.08. The van der Waals surface area contributed by atoms with Gasteiger partial charge in [-0.2, -0.15) is 0 Å². The maximum atomic E-state index is 13.2. The van der Waals surface area contributed by atoms with Crippen LogP contribution in [0.2, 0.25) is 0 Å². The lowest BCUT2D eigenvalue weighted by Crippen LogP contribution is -2.20. The number of rotatable bonds is 6. The summed E-state index contributed by atoms with van der Waals surface area (Å²) in [4.78, 5) is 11.9. The molecule has 0 aliphatic carbocycles. The van der Waals surface area contributed by atoms with E-state index in [-0.39, 0.29) is 18.3 Å². The molecular weight excluding hydrogens is 293 g/mol. The molecular formula is C19H22FNO2. The van der Waals surface area contributed by atoms with E-state index in [2.05, 4.69) is 19.2 Å². The average molecular weight is 315 g/mol. The molecule has 0 spiro atoms. The van der Waals surface area contributed by atoms with Crippen LogP contribution in [-0.4, -0.2) is 12.5 Å². The molecule has 0 bridgehead atoms. The summed E-state index contributed by atoms with van der Waals surface area (Å²) in [5.74, 6) is 0.448. The van der Waals surface area contributed by atoms with E-state index in [1.807, 2.05) is 31.2 Å². The van der Waals surface area contributed by atoms with Gasteiger partial charge in [0.05, 0.1) is 0 Å². The third-order valence-corrected chi connectivity index (χ3v) is 3.91. The van der Waals surface area contributed by atoms with E-state index in [9.17, 15) is 9.18 Å². The normalized spacial score (nSPS) is 11.8. The first-order valence-electron chi connectivity index (χ1n) is 7.78. The summed E-state index contributed by atoms with van der Waals surface area (Å²) in [6, 6.07) is 12.0. The highest BCUT2D eigenvalue weighted by molar-refractivity contribution is 5.92. The first-order valence-corrected chi connectivity index (χ1v) is 7.78. The van der Waals surface area contributed by atoms with Crippen molar-refractivity contribution in [2.45, 2.75) is 33.1 Å². The Kier molecular flexibility index (Phi) is 5.74. The van der Waals surface area contributed by atoms with Gasteiger partial charge < -0.3 is 10.1 Å². The number of hydrogen-bond donors (Lipinski definition) is 1. The third kappa shape index (κ3) is 4.81. The Balaban J connectivity index is 1.90. The number of nitrogens with one attached hydrogen (secondary N) is 1. The fraction of sp³-hybridized carbons (Fsp3) is 0.316. The number of halogens is 1. The molecule has 2 aromatic carbocycles. The summed E-state index contributed by atoms with van der Waals surface area (Å²) in [6.45, 7) is 6.01. The van der Waals surface area contributed by atoms with Crippen LogP contribution in [0.25, 0.3) is 0 Å². The van der Waals surface area contributed by atoms with Gasteiger partial charge in [0.2, 0.25) is 0 Å². The summed E-state index contributed by atoms with van der Waals surface area (Å²) >= 11 is 0. The van der Waals surface area contributed by atoms with Crippen LogP contribution in [0.1, 0.15) is 37.3 Å². The SMILES string of the molecule is CCC(C)c1ccc(OCC(=O)Nc2cc(F)ccc2C)cc1. The molecule has 1 amide bonds. The van der Waals surface area contributed by atoms with E-state index >= 15 is 0 Å². The van der Waals surface area contributed by atoms with Gasteiger partial charge in [0.25, 0.3) is 5.91 Å². The highest BCUT2D eigenvalue weighted by Crippen LogP contribution is 2.21. The second kappa shape index (κ2) is 7.77. The molecule has 1 N–H and O–H groups in total. The summed E-state index contributed by atoms with van der Waals surface area (Å²) in [7, 11) is 0. The lowest BCUT2D eigenvalue weighted by Gasteiger charge is -2.11. The topological polar surface area (TPSA) is 38.3 Å². The summed E-state index contributed by atoms with van der Waals surface area (Å²) in [5, 5.41) is 2.66. The van der Waals surface area contributed by atoms with Crippen molar-refractivity contribution in [2.24, 2.45) is 0 Å². The number of benzene rings is 2. The number of aryl methyl sites for hydroxylation is 1. The Morgan fingerprint density at radius 2 is 1.91 bits per heavy atom. The minimum absolute atomic E-state index is 0.112. The van der Waals surface area contributed by atoms with Gasteiger partial charge in [0, 0.05) is 5.69 Å². The molecule has 23 heavy (non-hydrogen) atoms. The number of ether oxygens (including phenoxy) is 1. The van der Waals surface area contributed by atoms with Gasteiger partial charge in [0.1, 0.15) is 11.6 Å². The minimum Gasteiger partial charge on any atom is -0.484 e. The molecule has 0 aliphatic heterocycles. The van der Waals surface area contributed by atoms with Gasteiger partial charge in [-0.25, -0.2) is 4.39 Å². The number of hydrogen-bond acceptors (Lipinski definition) is 2. The van der Waals surface area contributed by atoms with Crippen LogP contribution < -0.4 is 10.1 Å². The van der Waals surface area contributed by atoms with Crippen molar-refractivity contribution in [1.82, 2.24) is 0 Å². The molecule has 1 unspecified atom stereocenters. The molecule has 122 valence electrons. The van der Waals surface area contributed by atoms with E-state index in [1.54, 1.807) is 6.07 Å². The maximum absolute atomic E-state index is 13.2. The van der Waals surface area contributed by atoms with Gasteiger partial charge in [-0.05, 0) is 54.7 Å². The monoisotopic (exact) mass is 315 g/mol. The van der Waals surface area contributed by atoms with Crippen LogP contribution in [0.4, 0.5) is 10.1 Å². The zero-order valence-corrected chi connectivity index (χ0v) is 13.7. The highest BCUT2D eigenvalue weighted by atomic mass is 19.1. The van der Waals surface area contributed by atoms with Crippen LogP contribution in [0, 0.1) is 12.7 Å². The van der Waals surface area contributed by atoms with Crippen LogP contribution in [0.5, 0.6) is 5.75 Å². The zero-order valence-electron chi connectivity index (χ0n) is 13.7. The number of carbonyl (C=O) groups is 1. The van der Waals surface area contributed by atoms with E-state index in [0.717, 1.165) is 12.0 Å². The van der Waals surface area contributed by atoms with Crippen LogP contribution in [-0.2, 0) is 4.79 Å². The van der Waals surface area contributed by atoms with Crippen LogP contribution in [0.3, 0.4) is 0 Å². The standard InChI is InChI=1S/C19H22FNO2/c1-4-13(2)15-6-9-17(10-7-15)23-12-19(22)21-18-11-16(20)8-5-14(18)3/h5-11,13H,4,12H2,1-3H3,(H,21,22). The van der Waals surface area contributed by atoms with E-state index in [4.69, 9.17) is 4.74 Å². The molecule has 1 atom stereocenters. The van der Waals surface area contributed by atoms with E-state index in [0.29, 0.717) is 17.4 Å². The molecule has 0 radical (unpaired) electrons. The molecule has 0 aliphatic rings. The number of carbonyl (C=O) groups excluding carboxylic acids is 1. The smallest absolute Gasteiger partial charge is 0.262 e. The lowest BCUT2D eigenvalue weighted by molar-refractivity contribution is -0.118. The van der Waals surface area contributed by atoms with Crippen molar-refractivity contribution in [1.29, 1.82) is 0 Å². The third-order valence-electron chi connectivity index (χ3n) is 3.91. The van der Waals surface area contributed by atoms with Crippen LogP contribution >= 0.6 is 0 Å². The maximum Gasteiger partial charge on any atom is 0.262 e. The molecule has 4 heteroatoms. The molecule has 0 saturated carbocycles. The van der Waals surface area contributed by atoms with Crippen molar-refractivity contribution in [2.75, 3.05) is 11.9 Å². The molecule has 3 nitrogen and oxygen atoms in total. The number of amides is 1. The molecule has 0 fully saturated rings. The van der Waals surface area contributed by atoms with Crippen molar-refractivity contribution >= 4 is 11.6 Å². The fourth-order valence-corrected chi connectivity index (χ4v) is 2.19. The van der Waals surface area contributed by atoms with Gasteiger partial charge in [-0.15, -0.1) is 0 Å². The van der Waals surface area contributed by atoms with Crippen molar-refractivity contribution in [3.8, 4) is 5.75 Å². The lowest BCUT2D eigenvalue weighted by atomic mass is 9.99. The van der Waals surface area contributed by atoms with E-state index < -0.39 is 0 Å². The Morgan fingerprint density at radius 1 is 1.22 bits per heavy atom. The van der Waals surface area contributed by atoms with Crippen LogP contribution in [0.15, 0.2) is 42.5 Å². The first-order chi connectivity index (χ1) is 11.0. The van der Waals surface area contributed by atoms with Crippen molar-refractivity contribution in [3.63, 3.8) is 0 Å². The second-order valence-corrected chi connectivity index (χ2v) is 5.67. The first kappa shape index (κ1) is 17.0. The van der Waals surface area contributed by atoms with E-state index in [1.165, 1.54) is 17.7 Å². The van der Waals surface area contributed by atoms with Crippen molar-refractivity contribution < 1.29 is 13.9 Å². The molecule has 2 rings (SSSR count). The van der Waals surface area contributed by atoms with Gasteiger partial charge in [-0.1, -0.05) is 32.0 Å². The second-order valence-electron chi connectivity index (χ2n) is 5.67. The average Bonchev–Trinajstić information content (AvgIpc) is 2.56. The zero-order chi connectivity index (χ0) is 16.8. The molecule has 0 aromatic heterocycles. The van der Waals surface area contributed by atoms with Gasteiger partial charge >= 0.3 is 0 Å². The largest absolute Gasteiger partial charge is 0.484 e. The molecule has 2 aromatic rings. The summed E-state index contributed by atoms with van der Waals surface area (Å²) < 4.78 is 18.7. The highest BCUT2D eigenvalue weighted by Gasteiger charge is 2.08. The fourth-order valence-electron chi connectivity index (χ4n) is 2.19.